The number of aliphatic hydroxyl groups is 1. The Bertz CT molecular complexity index is 584. The molecule has 1 unspecified atom stereocenters. The van der Waals surface area contributed by atoms with Crippen molar-refractivity contribution in [3.63, 3.8) is 0 Å². The third-order valence-corrected chi connectivity index (χ3v) is 4.49. The Morgan fingerprint density at radius 2 is 2.04 bits per heavy atom. The zero-order chi connectivity index (χ0) is 17.0. The van der Waals surface area contributed by atoms with Gasteiger partial charge < -0.3 is 10.0 Å². The lowest BCUT2D eigenvalue weighted by molar-refractivity contribution is -0.384. The van der Waals surface area contributed by atoms with Gasteiger partial charge in [0.1, 0.15) is 5.02 Å². The maximum Gasteiger partial charge on any atom is 0.287 e. The molecule has 23 heavy (non-hydrogen) atoms. The van der Waals surface area contributed by atoms with Crippen molar-refractivity contribution >= 4 is 23.2 Å². The molecular weight excluding hydrogens is 322 g/mol. The Labute approximate surface area is 139 Å². The zero-order valence-electron chi connectivity index (χ0n) is 12.9. The summed E-state index contributed by atoms with van der Waals surface area (Å²) in [5.74, 6) is -0.182. The Hall–Kier alpha value is -1.70. The second-order valence-electron chi connectivity index (χ2n) is 5.50. The van der Waals surface area contributed by atoms with Crippen LogP contribution in [-0.2, 0) is 0 Å². The molecular formula is C15H20ClN3O4. The third kappa shape index (κ3) is 3.99. The van der Waals surface area contributed by atoms with E-state index < -0.39 is 4.92 Å². The van der Waals surface area contributed by atoms with Gasteiger partial charge in [-0.15, -0.1) is 0 Å². The molecule has 0 radical (unpaired) electrons. The van der Waals surface area contributed by atoms with Gasteiger partial charge in [0.15, 0.2) is 0 Å². The highest BCUT2D eigenvalue weighted by molar-refractivity contribution is 6.33. The highest BCUT2D eigenvalue weighted by Gasteiger charge is 2.26. The van der Waals surface area contributed by atoms with Crippen molar-refractivity contribution in [3.05, 3.63) is 38.9 Å². The molecule has 1 fully saturated rings. The van der Waals surface area contributed by atoms with Crippen LogP contribution in [0.1, 0.15) is 23.7 Å². The molecule has 1 saturated heterocycles. The van der Waals surface area contributed by atoms with Crippen LogP contribution in [0, 0.1) is 10.1 Å². The van der Waals surface area contributed by atoms with E-state index in [4.69, 9.17) is 11.6 Å². The molecule has 1 aromatic carbocycles. The van der Waals surface area contributed by atoms with Crippen LogP contribution in [0.2, 0.25) is 5.02 Å². The van der Waals surface area contributed by atoms with Crippen molar-refractivity contribution in [3.8, 4) is 0 Å². The third-order valence-electron chi connectivity index (χ3n) is 4.19. The smallest absolute Gasteiger partial charge is 0.287 e. The summed E-state index contributed by atoms with van der Waals surface area (Å²) in [7, 11) is 0. The molecule has 1 aliphatic rings. The first-order valence-corrected chi connectivity index (χ1v) is 7.93. The van der Waals surface area contributed by atoms with Gasteiger partial charge >= 0.3 is 0 Å². The highest BCUT2D eigenvalue weighted by atomic mass is 35.5. The maximum absolute atomic E-state index is 12.5. The van der Waals surface area contributed by atoms with E-state index in [0.717, 1.165) is 6.42 Å². The number of nitro groups is 1. The van der Waals surface area contributed by atoms with Gasteiger partial charge in [-0.2, -0.15) is 0 Å². The molecule has 7 nitrogen and oxygen atoms in total. The fourth-order valence-electron chi connectivity index (χ4n) is 2.76. The first kappa shape index (κ1) is 17.7. The second-order valence-corrected chi connectivity index (χ2v) is 5.90. The van der Waals surface area contributed by atoms with Crippen LogP contribution in [0.25, 0.3) is 0 Å². The minimum atomic E-state index is -0.574. The molecule has 1 amide bonds. The first-order chi connectivity index (χ1) is 11.0. The van der Waals surface area contributed by atoms with E-state index in [1.807, 2.05) is 6.92 Å². The predicted molar refractivity (Wildman–Crippen MR) is 86.7 cm³/mol. The number of hydrogen-bond donors (Lipinski definition) is 1. The number of rotatable bonds is 5. The fourth-order valence-corrected chi connectivity index (χ4v) is 3.01. The molecule has 0 aliphatic carbocycles. The molecule has 126 valence electrons. The predicted octanol–water partition coefficient (Wildman–Crippen LogP) is 1.78. The number of benzene rings is 1. The van der Waals surface area contributed by atoms with Gasteiger partial charge in [-0.1, -0.05) is 18.5 Å². The van der Waals surface area contributed by atoms with Crippen LogP contribution in [0.15, 0.2) is 18.2 Å². The number of hydrogen-bond acceptors (Lipinski definition) is 5. The summed E-state index contributed by atoms with van der Waals surface area (Å²) in [4.78, 5) is 26.5. The first-order valence-electron chi connectivity index (χ1n) is 7.56. The Kier molecular flexibility index (Phi) is 5.92. The molecule has 0 aromatic heterocycles. The summed E-state index contributed by atoms with van der Waals surface area (Å²) in [5, 5.41) is 20.1. The Morgan fingerprint density at radius 1 is 1.39 bits per heavy atom. The molecule has 1 atom stereocenters. The number of carbonyl (C=O) groups excluding carboxylic acids is 1. The maximum atomic E-state index is 12.5. The van der Waals surface area contributed by atoms with E-state index >= 15 is 0 Å². The zero-order valence-corrected chi connectivity index (χ0v) is 13.7. The van der Waals surface area contributed by atoms with Crippen molar-refractivity contribution in [2.45, 2.75) is 19.4 Å². The Balaban J connectivity index is 2.02. The monoisotopic (exact) mass is 341 g/mol. The molecule has 0 spiro atoms. The molecule has 1 aromatic rings. The van der Waals surface area contributed by atoms with Gasteiger partial charge in [0.2, 0.25) is 0 Å². The number of halogens is 1. The molecule has 0 bridgehead atoms. The molecule has 1 heterocycles. The van der Waals surface area contributed by atoms with Crippen molar-refractivity contribution in [2.24, 2.45) is 0 Å². The topological polar surface area (TPSA) is 86.9 Å². The summed E-state index contributed by atoms with van der Waals surface area (Å²) in [5.41, 5.74) is 0.144. The lowest BCUT2D eigenvalue weighted by Gasteiger charge is -2.38. The van der Waals surface area contributed by atoms with Crippen LogP contribution in [0.5, 0.6) is 0 Å². The molecule has 8 heteroatoms. The molecule has 1 aliphatic heterocycles. The summed E-state index contributed by atoms with van der Waals surface area (Å²) in [6, 6.07) is 4.16. The molecule has 0 saturated carbocycles. The van der Waals surface area contributed by atoms with Gasteiger partial charge in [0.05, 0.1) is 11.5 Å². The quantitative estimate of drug-likeness (QED) is 0.651. The lowest BCUT2D eigenvalue weighted by Crippen LogP contribution is -2.52. The summed E-state index contributed by atoms with van der Waals surface area (Å²) in [6.45, 7) is 4.66. The number of nitro benzene ring substituents is 1. The van der Waals surface area contributed by atoms with E-state index in [1.165, 1.54) is 18.2 Å². The van der Waals surface area contributed by atoms with E-state index in [-0.39, 0.29) is 29.3 Å². The van der Waals surface area contributed by atoms with E-state index in [1.54, 1.807) is 4.90 Å². The standard InChI is InChI=1S/C15H20ClN3O4/c1-2-12(10-20)17-5-7-18(8-6-17)15(21)11-3-4-14(19(22)23)13(16)9-11/h3-4,9,12,20H,2,5-8,10H2,1H3. The van der Waals surface area contributed by atoms with Crippen LogP contribution in [0.3, 0.4) is 0 Å². The summed E-state index contributed by atoms with van der Waals surface area (Å²) < 4.78 is 0. The van der Waals surface area contributed by atoms with E-state index in [9.17, 15) is 20.0 Å². The average Bonchev–Trinajstić information content (AvgIpc) is 2.55. The van der Waals surface area contributed by atoms with Gasteiger partial charge in [-0.3, -0.25) is 19.8 Å². The average molecular weight is 342 g/mol. The van der Waals surface area contributed by atoms with Gasteiger partial charge in [0.25, 0.3) is 11.6 Å². The van der Waals surface area contributed by atoms with Crippen molar-refractivity contribution < 1.29 is 14.8 Å². The minimum Gasteiger partial charge on any atom is -0.395 e. The van der Waals surface area contributed by atoms with Gasteiger partial charge in [-0.25, -0.2) is 0 Å². The van der Waals surface area contributed by atoms with Crippen LogP contribution in [-0.4, -0.2) is 64.6 Å². The van der Waals surface area contributed by atoms with Crippen LogP contribution >= 0.6 is 11.6 Å². The second kappa shape index (κ2) is 7.72. The molecule has 2 rings (SSSR count). The number of aliphatic hydroxyl groups excluding tert-OH is 1. The summed E-state index contributed by atoms with van der Waals surface area (Å²) in [6.07, 6.45) is 0.863. The fraction of sp³-hybridized carbons (Fsp3) is 0.533. The van der Waals surface area contributed by atoms with Crippen molar-refractivity contribution in [2.75, 3.05) is 32.8 Å². The van der Waals surface area contributed by atoms with Crippen LogP contribution < -0.4 is 0 Å². The van der Waals surface area contributed by atoms with Crippen LogP contribution in [0.4, 0.5) is 5.69 Å². The highest BCUT2D eigenvalue weighted by Crippen LogP contribution is 2.25. The number of amides is 1. The normalized spacial score (nSPS) is 17.1. The van der Waals surface area contributed by atoms with Gasteiger partial charge in [0, 0.05) is 43.9 Å². The van der Waals surface area contributed by atoms with E-state index in [0.29, 0.717) is 31.7 Å². The number of nitrogens with zero attached hydrogens (tertiary/aromatic N) is 3. The Morgan fingerprint density at radius 3 is 2.52 bits per heavy atom. The number of carbonyl (C=O) groups is 1. The van der Waals surface area contributed by atoms with Crippen molar-refractivity contribution in [1.29, 1.82) is 0 Å². The molecule has 1 N–H and O–H groups in total. The SMILES string of the molecule is CCC(CO)N1CCN(C(=O)c2ccc([N+](=O)[O-])c(Cl)c2)CC1. The van der Waals surface area contributed by atoms with Crippen molar-refractivity contribution in [1.82, 2.24) is 9.80 Å². The van der Waals surface area contributed by atoms with Gasteiger partial charge in [-0.05, 0) is 18.6 Å². The largest absolute Gasteiger partial charge is 0.395 e. The number of piperazine rings is 1. The van der Waals surface area contributed by atoms with E-state index in [2.05, 4.69) is 4.90 Å². The minimum absolute atomic E-state index is 0.0363. The lowest BCUT2D eigenvalue weighted by atomic mass is 10.1. The summed E-state index contributed by atoms with van der Waals surface area (Å²) >= 11 is 5.86.